The predicted octanol–water partition coefficient (Wildman–Crippen LogP) is 7.30. The van der Waals surface area contributed by atoms with E-state index in [2.05, 4.69) is 38.1 Å². The van der Waals surface area contributed by atoms with E-state index in [0.29, 0.717) is 10.8 Å². The fourth-order valence-corrected chi connectivity index (χ4v) is 5.41. The molecule has 3 saturated carbocycles. The molecule has 0 aromatic heterocycles. The summed E-state index contributed by atoms with van der Waals surface area (Å²) in [6.07, 6.45) is 17.0. The first-order chi connectivity index (χ1) is 13.2. The highest BCUT2D eigenvalue weighted by Crippen LogP contribution is 2.59. The van der Waals surface area contributed by atoms with Crippen molar-refractivity contribution in [2.24, 2.45) is 5.41 Å². The van der Waals surface area contributed by atoms with Crippen molar-refractivity contribution in [3.8, 4) is 11.8 Å². The summed E-state index contributed by atoms with van der Waals surface area (Å²) in [4.78, 5) is 0. The molecule has 0 atom stereocenters. The highest BCUT2D eigenvalue weighted by molar-refractivity contribution is 5.47. The molecule has 27 heavy (non-hydrogen) atoms. The summed E-state index contributed by atoms with van der Waals surface area (Å²) in [7, 11) is 0. The van der Waals surface area contributed by atoms with E-state index >= 15 is 0 Å². The average molecular weight is 368 g/mol. The van der Waals surface area contributed by atoms with Crippen molar-refractivity contribution in [1.82, 2.24) is 0 Å². The summed E-state index contributed by atoms with van der Waals surface area (Å²) < 4.78 is 5.93. The fraction of sp³-hybridized carbons (Fsp3) is 0.720. The molecule has 0 radical (unpaired) electrons. The van der Waals surface area contributed by atoms with Crippen LogP contribution >= 0.6 is 0 Å². The standard InChI is InChI=1S/C25H37NO/c1-3-5-7-8-18-27-23-10-9-22(19-21(23)20-26)25-15-12-24(13-16-25,14-17-25)11-6-4-2/h9-10,19H,3-8,11-18H2,1-2H3. The molecule has 0 spiro atoms. The van der Waals surface area contributed by atoms with Crippen LogP contribution in [-0.2, 0) is 5.41 Å². The molecular weight excluding hydrogens is 330 g/mol. The highest BCUT2D eigenvalue weighted by atomic mass is 16.5. The Morgan fingerprint density at radius 1 is 0.926 bits per heavy atom. The van der Waals surface area contributed by atoms with Crippen LogP contribution in [0.5, 0.6) is 5.75 Å². The summed E-state index contributed by atoms with van der Waals surface area (Å²) in [6, 6.07) is 8.86. The first-order valence-electron chi connectivity index (χ1n) is 11.3. The summed E-state index contributed by atoms with van der Waals surface area (Å²) in [5, 5.41) is 9.66. The van der Waals surface area contributed by atoms with Crippen LogP contribution in [0.2, 0.25) is 0 Å². The molecule has 3 aliphatic rings. The van der Waals surface area contributed by atoms with Gasteiger partial charge in [0.25, 0.3) is 0 Å². The van der Waals surface area contributed by atoms with Crippen LogP contribution in [0.3, 0.4) is 0 Å². The molecule has 0 N–H and O–H groups in total. The van der Waals surface area contributed by atoms with Crippen molar-refractivity contribution in [3.63, 3.8) is 0 Å². The van der Waals surface area contributed by atoms with Gasteiger partial charge in [0, 0.05) is 0 Å². The lowest BCUT2D eigenvalue weighted by Crippen LogP contribution is -2.44. The van der Waals surface area contributed by atoms with Crippen LogP contribution in [-0.4, -0.2) is 6.61 Å². The number of hydrogen-bond donors (Lipinski definition) is 0. The van der Waals surface area contributed by atoms with Gasteiger partial charge in [-0.15, -0.1) is 0 Å². The molecule has 2 bridgehead atoms. The zero-order chi connectivity index (χ0) is 19.2. The van der Waals surface area contributed by atoms with Gasteiger partial charge in [0.05, 0.1) is 12.2 Å². The van der Waals surface area contributed by atoms with E-state index < -0.39 is 0 Å². The van der Waals surface area contributed by atoms with E-state index in [1.165, 1.54) is 82.6 Å². The maximum absolute atomic E-state index is 9.66. The second-order valence-corrected chi connectivity index (χ2v) is 9.12. The minimum Gasteiger partial charge on any atom is -0.492 e. The number of benzene rings is 1. The second kappa shape index (κ2) is 9.13. The minimum absolute atomic E-state index is 0.319. The topological polar surface area (TPSA) is 33.0 Å². The number of unbranched alkanes of at least 4 members (excludes halogenated alkanes) is 4. The molecule has 0 heterocycles. The number of nitriles is 1. The molecule has 0 unspecified atom stereocenters. The summed E-state index contributed by atoms with van der Waals surface area (Å²) >= 11 is 0. The van der Waals surface area contributed by atoms with E-state index in [9.17, 15) is 5.26 Å². The molecule has 3 aliphatic carbocycles. The largest absolute Gasteiger partial charge is 0.492 e. The Kier molecular flexibility index (Phi) is 6.85. The third-order valence-electron chi connectivity index (χ3n) is 7.43. The van der Waals surface area contributed by atoms with Crippen LogP contribution in [0.25, 0.3) is 0 Å². The first kappa shape index (κ1) is 20.2. The number of nitrogens with zero attached hydrogens (tertiary/aromatic N) is 1. The second-order valence-electron chi connectivity index (χ2n) is 9.12. The normalized spacial score (nSPS) is 26.7. The molecule has 0 saturated heterocycles. The van der Waals surface area contributed by atoms with E-state index in [0.717, 1.165) is 24.3 Å². The van der Waals surface area contributed by atoms with Crippen molar-refractivity contribution in [3.05, 3.63) is 29.3 Å². The van der Waals surface area contributed by atoms with Crippen molar-refractivity contribution >= 4 is 0 Å². The molecule has 0 aliphatic heterocycles. The number of rotatable bonds is 10. The Hall–Kier alpha value is -1.49. The smallest absolute Gasteiger partial charge is 0.137 e. The molecule has 0 amide bonds. The molecule has 1 aromatic carbocycles. The summed E-state index contributed by atoms with van der Waals surface area (Å²) in [6.45, 7) is 5.25. The molecule has 148 valence electrons. The summed E-state index contributed by atoms with van der Waals surface area (Å²) in [5.74, 6) is 0.776. The van der Waals surface area contributed by atoms with Crippen molar-refractivity contribution in [2.45, 2.75) is 103 Å². The predicted molar refractivity (Wildman–Crippen MR) is 112 cm³/mol. The van der Waals surface area contributed by atoms with E-state index in [1.807, 2.05) is 0 Å². The fourth-order valence-electron chi connectivity index (χ4n) is 5.41. The maximum atomic E-state index is 9.66. The molecule has 2 heteroatoms. The first-order valence-corrected chi connectivity index (χ1v) is 11.3. The van der Waals surface area contributed by atoms with Gasteiger partial charge >= 0.3 is 0 Å². The van der Waals surface area contributed by atoms with Gasteiger partial charge in [0.2, 0.25) is 0 Å². The zero-order valence-electron chi connectivity index (χ0n) is 17.5. The van der Waals surface area contributed by atoms with Gasteiger partial charge in [0.1, 0.15) is 11.8 Å². The van der Waals surface area contributed by atoms with Crippen LogP contribution in [0.4, 0.5) is 0 Å². The lowest BCUT2D eigenvalue weighted by atomic mass is 9.51. The van der Waals surface area contributed by atoms with Crippen LogP contribution in [0, 0.1) is 16.7 Å². The SMILES string of the molecule is CCCCCCOc1ccc(C23CCC(CCCC)(CC2)CC3)cc1C#N. The number of ether oxygens (including phenoxy) is 1. The highest BCUT2D eigenvalue weighted by Gasteiger charge is 2.48. The van der Waals surface area contributed by atoms with Crippen LogP contribution < -0.4 is 4.74 Å². The van der Waals surface area contributed by atoms with Crippen LogP contribution in [0.1, 0.15) is 108 Å². The van der Waals surface area contributed by atoms with Gasteiger partial charge in [0.15, 0.2) is 0 Å². The summed E-state index contributed by atoms with van der Waals surface area (Å²) in [5.41, 5.74) is 3.07. The van der Waals surface area contributed by atoms with Crippen molar-refractivity contribution in [2.75, 3.05) is 6.61 Å². The third kappa shape index (κ3) is 4.50. The quantitative estimate of drug-likeness (QED) is 0.406. The Labute approximate surface area is 166 Å². The Morgan fingerprint density at radius 3 is 2.26 bits per heavy atom. The molecule has 3 fully saturated rings. The van der Waals surface area contributed by atoms with E-state index in [1.54, 1.807) is 0 Å². The molecule has 4 rings (SSSR count). The zero-order valence-corrected chi connectivity index (χ0v) is 17.5. The molecular formula is C25H37NO. The van der Waals surface area contributed by atoms with Crippen molar-refractivity contribution in [1.29, 1.82) is 5.26 Å². The van der Waals surface area contributed by atoms with Gasteiger partial charge in [-0.2, -0.15) is 5.26 Å². The lowest BCUT2D eigenvalue weighted by Gasteiger charge is -2.54. The molecule has 2 nitrogen and oxygen atoms in total. The Balaban J connectivity index is 1.65. The van der Waals surface area contributed by atoms with E-state index in [-0.39, 0.29) is 0 Å². The van der Waals surface area contributed by atoms with Gasteiger partial charge in [-0.25, -0.2) is 0 Å². The molecule has 1 aromatic rings. The van der Waals surface area contributed by atoms with E-state index in [4.69, 9.17) is 4.74 Å². The minimum atomic E-state index is 0.319. The monoisotopic (exact) mass is 367 g/mol. The van der Waals surface area contributed by atoms with Crippen LogP contribution in [0.15, 0.2) is 18.2 Å². The third-order valence-corrected chi connectivity index (χ3v) is 7.43. The van der Waals surface area contributed by atoms with Gasteiger partial charge in [-0.1, -0.05) is 52.0 Å². The maximum Gasteiger partial charge on any atom is 0.137 e. The van der Waals surface area contributed by atoms with Gasteiger partial charge < -0.3 is 4.74 Å². The number of hydrogen-bond acceptors (Lipinski definition) is 2. The van der Waals surface area contributed by atoms with Gasteiger partial charge in [-0.3, -0.25) is 0 Å². The average Bonchev–Trinajstić information content (AvgIpc) is 2.73. The van der Waals surface area contributed by atoms with Crippen molar-refractivity contribution < 1.29 is 4.74 Å². The Bertz CT molecular complexity index is 632. The number of fused-ring (bicyclic) bond motifs is 3. The Morgan fingerprint density at radius 2 is 1.63 bits per heavy atom. The van der Waals surface area contributed by atoms with Gasteiger partial charge in [-0.05, 0) is 79.9 Å². The lowest BCUT2D eigenvalue weighted by molar-refractivity contribution is 0.0308.